The maximum absolute atomic E-state index is 13.5. The van der Waals surface area contributed by atoms with Crippen LogP contribution in [0, 0.1) is 19.7 Å². The van der Waals surface area contributed by atoms with Crippen molar-refractivity contribution in [3.05, 3.63) is 65.0 Å². The molecule has 0 heterocycles. The van der Waals surface area contributed by atoms with E-state index in [1.54, 1.807) is 32.9 Å². The van der Waals surface area contributed by atoms with E-state index in [0.717, 1.165) is 23.4 Å². The molecule has 2 rings (SSSR count). The van der Waals surface area contributed by atoms with Crippen molar-refractivity contribution < 1.29 is 22.4 Å². The molecule has 1 N–H and O–H groups in total. The number of carbonyl (C=O) groups excluding carboxylic acids is 2. The first kappa shape index (κ1) is 27.3. The highest BCUT2D eigenvalue weighted by atomic mass is 32.2. The molecule has 0 saturated carbocycles. The summed E-state index contributed by atoms with van der Waals surface area (Å²) < 4.78 is 39.9. The van der Waals surface area contributed by atoms with Gasteiger partial charge in [0, 0.05) is 13.1 Å². The molecule has 0 bridgehead atoms. The van der Waals surface area contributed by atoms with Crippen LogP contribution in [0.4, 0.5) is 10.1 Å². The lowest BCUT2D eigenvalue weighted by Gasteiger charge is -2.32. The molecule has 7 nitrogen and oxygen atoms in total. The van der Waals surface area contributed by atoms with Crippen LogP contribution in [0.5, 0.6) is 0 Å². The lowest BCUT2D eigenvalue weighted by Crippen LogP contribution is -2.51. The van der Waals surface area contributed by atoms with Gasteiger partial charge in [0.05, 0.1) is 11.9 Å². The van der Waals surface area contributed by atoms with Crippen molar-refractivity contribution in [1.29, 1.82) is 0 Å². The Hall–Kier alpha value is -2.94. The summed E-state index contributed by atoms with van der Waals surface area (Å²) in [6, 6.07) is 10.2. The average Bonchev–Trinajstić information content (AvgIpc) is 2.76. The normalized spacial score (nSPS) is 12.2. The minimum atomic E-state index is -3.80. The smallest absolute Gasteiger partial charge is 0.244 e. The first-order chi connectivity index (χ1) is 16.0. The van der Waals surface area contributed by atoms with Crippen LogP contribution in [0.25, 0.3) is 0 Å². The molecule has 0 aliphatic carbocycles. The highest BCUT2D eigenvalue weighted by molar-refractivity contribution is 7.92. The number of hydrogen-bond donors (Lipinski definition) is 1. The van der Waals surface area contributed by atoms with E-state index in [1.165, 1.54) is 29.2 Å². The van der Waals surface area contributed by atoms with Crippen LogP contribution in [0.2, 0.25) is 0 Å². The zero-order chi connectivity index (χ0) is 25.5. The Balaban J connectivity index is 2.39. The largest absolute Gasteiger partial charge is 0.354 e. The van der Waals surface area contributed by atoms with E-state index in [1.807, 2.05) is 13.0 Å². The first-order valence-electron chi connectivity index (χ1n) is 11.3. The van der Waals surface area contributed by atoms with Crippen molar-refractivity contribution in [2.45, 2.75) is 53.1 Å². The number of aryl methyl sites for hydroxylation is 2. The second-order valence-corrected chi connectivity index (χ2v) is 10.4. The monoisotopic (exact) mass is 491 g/mol. The maximum atomic E-state index is 13.5. The maximum Gasteiger partial charge on any atom is 0.244 e. The number of hydrogen-bond acceptors (Lipinski definition) is 4. The molecule has 0 radical (unpaired) electrons. The summed E-state index contributed by atoms with van der Waals surface area (Å²) in [5.41, 5.74) is 2.50. The minimum absolute atomic E-state index is 0.0336. The van der Waals surface area contributed by atoms with Crippen molar-refractivity contribution in [3.63, 3.8) is 0 Å². The van der Waals surface area contributed by atoms with Gasteiger partial charge >= 0.3 is 0 Å². The molecule has 9 heteroatoms. The average molecular weight is 492 g/mol. The van der Waals surface area contributed by atoms with Crippen LogP contribution in [-0.4, -0.2) is 50.5 Å². The Morgan fingerprint density at radius 3 is 2.18 bits per heavy atom. The summed E-state index contributed by atoms with van der Waals surface area (Å²) in [5, 5.41) is 2.82. The summed E-state index contributed by atoms with van der Waals surface area (Å²) in [4.78, 5) is 27.6. The van der Waals surface area contributed by atoms with Crippen LogP contribution in [0.15, 0.2) is 42.5 Å². The molecule has 0 spiro atoms. The van der Waals surface area contributed by atoms with E-state index in [2.05, 4.69) is 5.32 Å². The topological polar surface area (TPSA) is 86.8 Å². The van der Waals surface area contributed by atoms with Crippen molar-refractivity contribution >= 4 is 27.5 Å². The van der Waals surface area contributed by atoms with Crippen molar-refractivity contribution in [2.75, 3.05) is 23.7 Å². The summed E-state index contributed by atoms with van der Waals surface area (Å²) in [6.07, 6.45) is 2.77. The predicted molar refractivity (Wildman–Crippen MR) is 132 cm³/mol. The van der Waals surface area contributed by atoms with Crippen LogP contribution >= 0.6 is 0 Å². The SMILES string of the molecule is CCCCNC(=O)C(C)N(Cc1ccc(F)cc1)C(=O)CN(c1c(C)cccc1C)S(C)(=O)=O. The fourth-order valence-electron chi connectivity index (χ4n) is 3.68. The molecule has 0 aliphatic rings. The predicted octanol–water partition coefficient (Wildman–Crippen LogP) is 3.54. The second-order valence-electron chi connectivity index (χ2n) is 8.48. The molecule has 0 saturated heterocycles. The summed E-state index contributed by atoms with van der Waals surface area (Å²) in [6.45, 7) is 7.23. The lowest BCUT2D eigenvalue weighted by atomic mass is 10.1. The van der Waals surface area contributed by atoms with Crippen LogP contribution < -0.4 is 9.62 Å². The summed E-state index contributed by atoms with van der Waals surface area (Å²) >= 11 is 0. The van der Waals surface area contributed by atoms with Gasteiger partial charge in [-0.15, -0.1) is 0 Å². The van der Waals surface area contributed by atoms with Gasteiger partial charge < -0.3 is 10.2 Å². The zero-order valence-electron chi connectivity index (χ0n) is 20.5. The number of unbranched alkanes of at least 4 members (excludes halogenated alkanes) is 1. The number of nitrogens with zero attached hydrogens (tertiary/aromatic N) is 2. The van der Waals surface area contributed by atoms with Gasteiger partial charge in [-0.3, -0.25) is 13.9 Å². The Labute approximate surface area is 202 Å². The summed E-state index contributed by atoms with van der Waals surface area (Å²) in [7, 11) is -3.80. The molecule has 0 aromatic heterocycles. The number of anilines is 1. The van der Waals surface area contributed by atoms with Crippen molar-refractivity contribution in [1.82, 2.24) is 10.2 Å². The quantitative estimate of drug-likeness (QED) is 0.487. The molecule has 34 heavy (non-hydrogen) atoms. The molecule has 186 valence electrons. The van der Waals surface area contributed by atoms with Crippen LogP contribution in [0.3, 0.4) is 0 Å². The third-order valence-corrected chi connectivity index (χ3v) is 6.74. The Kier molecular flexibility index (Phi) is 9.61. The summed E-state index contributed by atoms with van der Waals surface area (Å²) in [5.74, 6) is -1.28. The minimum Gasteiger partial charge on any atom is -0.354 e. The van der Waals surface area contributed by atoms with Gasteiger partial charge in [-0.2, -0.15) is 0 Å². The van der Waals surface area contributed by atoms with E-state index in [0.29, 0.717) is 28.9 Å². The standard InChI is InChI=1S/C25H34FN3O4S/c1-6-7-15-27-25(31)20(4)28(16-21-11-13-22(26)14-12-21)23(30)17-29(34(5,32)33)24-18(2)9-8-10-19(24)3/h8-14,20H,6-7,15-17H2,1-5H3,(H,27,31). The molecule has 2 amide bonds. The van der Waals surface area contributed by atoms with Gasteiger partial charge in [0.25, 0.3) is 0 Å². The fraction of sp³-hybridized carbons (Fsp3) is 0.440. The van der Waals surface area contributed by atoms with E-state index in [-0.39, 0.29) is 12.5 Å². The molecule has 1 unspecified atom stereocenters. The van der Waals surface area contributed by atoms with E-state index in [9.17, 15) is 22.4 Å². The van der Waals surface area contributed by atoms with E-state index >= 15 is 0 Å². The molecular formula is C25H34FN3O4S. The van der Waals surface area contributed by atoms with Gasteiger partial charge in [-0.1, -0.05) is 43.7 Å². The van der Waals surface area contributed by atoms with Gasteiger partial charge in [0.2, 0.25) is 21.8 Å². The third-order valence-electron chi connectivity index (χ3n) is 5.63. The number of benzene rings is 2. The van der Waals surface area contributed by atoms with Gasteiger partial charge in [0.1, 0.15) is 18.4 Å². The van der Waals surface area contributed by atoms with Crippen molar-refractivity contribution in [2.24, 2.45) is 0 Å². The van der Waals surface area contributed by atoms with Crippen LogP contribution in [-0.2, 0) is 26.2 Å². The Morgan fingerprint density at radius 2 is 1.65 bits per heavy atom. The number of halogens is 1. The number of para-hydroxylation sites is 1. The molecule has 0 fully saturated rings. The highest BCUT2D eigenvalue weighted by Crippen LogP contribution is 2.27. The van der Waals surface area contributed by atoms with Gasteiger partial charge in [-0.05, 0) is 56.0 Å². The van der Waals surface area contributed by atoms with Gasteiger partial charge in [0.15, 0.2) is 0 Å². The third kappa shape index (κ3) is 7.28. The first-order valence-corrected chi connectivity index (χ1v) is 13.2. The number of rotatable bonds is 11. The molecule has 2 aromatic rings. The van der Waals surface area contributed by atoms with Crippen molar-refractivity contribution in [3.8, 4) is 0 Å². The number of sulfonamides is 1. The lowest BCUT2D eigenvalue weighted by molar-refractivity contribution is -0.139. The van der Waals surface area contributed by atoms with Crippen LogP contribution in [0.1, 0.15) is 43.4 Å². The highest BCUT2D eigenvalue weighted by Gasteiger charge is 2.31. The molecule has 1 atom stereocenters. The second kappa shape index (κ2) is 12.0. The Bertz CT molecular complexity index is 1080. The fourth-order valence-corrected chi connectivity index (χ4v) is 4.64. The molecule has 2 aromatic carbocycles. The van der Waals surface area contributed by atoms with E-state index < -0.39 is 34.3 Å². The van der Waals surface area contributed by atoms with E-state index in [4.69, 9.17) is 0 Å². The van der Waals surface area contributed by atoms with Gasteiger partial charge in [-0.25, -0.2) is 12.8 Å². The zero-order valence-corrected chi connectivity index (χ0v) is 21.3. The number of nitrogens with one attached hydrogen (secondary N) is 1. The number of amides is 2. The molecular weight excluding hydrogens is 457 g/mol. The molecule has 0 aliphatic heterocycles. The Morgan fingerprint density at radius 1 is 1.06 bits per heavy atom. The number of carbonyl (C=O) groups is 2.